The first-order valence-electron chi connectivity index (χ1n) is 7.68. The van der Waals surface area contributed by atoms with Gasteiger partial charge in [-0.25, -0.2) is 0 Å². The normalized spacial score (nSPS) is 24.6. The van der Waals surface area contributed by atoms with Gasteiger partial charge in [-0.15, -0.1) is 0 Å². The molecule has 1 aromatic carbocycles. The molecule has 2 rings (SSSR count). The highest BCUT2D eigenvalue weighted by Crippen LogP contribution is 2.29. The van der Waals surface area contributed by atoms with Crippen molar-refractivity contribution in [1.29, 1.82) is 0 Å². The van der Waals surface area contributed by atoms with Crippen LogP contribution in [0.4, 0.5) is 0 Å². The lowest BCUT2D eigenvalue weighted by Gasteiger charge is -2.34. The number of carbonyl (C=O) groups excluding carboxylic acids is 2. The molecule has 1 aromatic rings. The third-order valence-corrected chi connectivity index (χ3v) is 5.00. The highest BCUT2D eigenvalue weighted by atomic mass is 79.9. The van der Waals surface area contributed by atoms with Crippen LogP contribution in [0.2, 0.25) is 0 Å². The summed E-state index contributed by atoms with van der Waals surface area (Å²) < 4.78 is 6.29. The summed E-state index contributed by atoms with van der Waals surface area (Å²) in [5, 5.41) is 3.06. The van der Waals surface area contributed by atoms with Crippen LogP contribution in [0.25, 0.3) is 0 Å². The lowest BCUT2D eigenvalue weighted by molar-refractivity contribution is -0.124. The fraction of sp³-hybridized carbons (Fsp3) is 0.529. The fourth-order valence-electron chi connectivity index (χ4n) is 2.92. The largest absolute Gasteiger partial charge is 0.483 e. The van der Waals surface area contributed by atoms with E-state index < -0.39 is 0 Å². The maximum atomic E-state index is 12.1. The average molecular weight is 368 g/mol. The Morgan fingerprint density at radius 2 is 2.18 bits per heavy atom. The van der Waals surface area contributed by atoms with Crippen LogP contribution in [0.3, 0.4) is 0 Å². The molecule has 0 aromatic heterocycles. The summed E-state index contributed by atoms with van der Waals surface area (Å²) in [6.45, 7) is 4.35. The summed E-state index contributed by atoms with van der Waals surface area (Å²) in [5.41, 5.74) is 0.432. The van der Waals surface area contributed by atoms with E-state index in [-0.39, 0.29) is 18.6 Å². The van der Waals surface area contributed by atoms with Gasteiger partial charge in [0.25, 0.3) is 5.91 Å². The Bertz CT molecular complexity index is 547. The molecule has 1 fully saturated rings. The minimum absolute atomic E-state index is 0.0694. The van der Waals surface area contributed by atoms with Crippen molar-refractivity contribution < 1.29 is 14.3 Å². The molecule has 1 saturated carbocycles. The molecule has 5 heteroatoms. The summed E-state index contributed by atoms with van der Waals surface area (Å²) >= 11 is 3.30. The van der Waals surface area contributed by atoms with Crippen molar-refractivity contribution in [3.63, 3.8) is 0 Å². The molecule has 1 aliphatic carbocycles. The number of ether oxygens (including phenoxy) is 1. The van der Waals surface area contributed by atoms with Crippen LogP contribution in [0.5, 0.6) is 5.75 Å². The lowest BCUT2D eigenvalue weighted by Crippen LogP contribution is -2.45. The van der Waals surface area contributed by atoms with Gasteiger partial charge in [-0.1, -0.05) is 42.6 Å². The van der Waals surface area contributed by atoms with E-state index in [1.54, 1.807) is 18.2 Å². The molecule has 0 bridgehead atoms. The molecule has 4 nitrogen and oxygen atoms in total. The molecule has 1 aliphatic rings. The van der Waals surface area contributed by atoms with E-state index in [4.69, 9.17) is 4.74 Å². The van der Waals surface area contributed by atoms with Crippen molar-refractivity contribution in [2.24, 2.45) is 11.8 Å². The molecule has 0 saturated heterocycles. The van der Waals surface area contributed by atoms with Crippen LogP contribution >= 0.6 is 15.9 Å². The van der Waals surface area contributed by atoms with E-state index in [0.29, 0.717) is 23.1 Å². The third-order valence-electron chi connectivity index (χ3n) is 4.51. The number of nitrogens with one attached hydrogen (secondary N) is 1. The van der Waals surface area contributed by atoms with E-state index >= 15 is 0 Å². The number of aldehydes is 1. The van der Waals surface area contributed by atoms with Crippen molar-refractivity contribution in [2.45, 2.75) is 39.2 Å². The number of halogens is 1. The summed E-state index contributed by atoms with van der Waals surface area (Å²) in [6, 6.07) is 5.36. The van der Waals surface area contributed by atoms with E-state index in [2.05, 4.69) is 35.1 Å². The highest BCUT2D eigenvalue weighted by molar-refractivity contribution is 9.10. The second-order valence-electron chi connectivity index (χ2n) is 6.03. The Morgan fingerprint density at radius 3 is 2.91 bits per heavy atom. The second kappa shape index (κ2) is 7.77. The van der Waals surface area contributed by atoms with Gasteiger partial charge < -0.3 is 10.1 Å². The summed E-state index contributed by atoms with van der Waals surface area (Å²) in [4.78, 5) is 23.1. The third kappa shape index (κ3) is 4.32. The molecule has 120 valence electrons. The van der Waals surface area contributed by atoms with Crippen molar-refractivity contribution in [2.75, 3.05) is 6.61 Å². The van der Waals surface area contributed by atoms with E-state index in [1.165, 1.54) is 6.42 Å². The maximum absolute atomic E-state index is 12.1. The molecular weight excluding hydrogens is 346 g/mol. The van der Waals surface area contributed by atoms with Gasteiger partial charge in [0.2, 0.25) is 0 Å². The standard InChI is InChI=1S/C17H22BrNO3/c1-11-4-3-5-15(12(11)2)19-17(21)10-22-16-7-6-14(18)8-13(16)9-20/h6-9,11-12,15H,3-5,10H2,1-2H3,(H,19,21)/t11-,12-,15+/m1/s1. The highest BCUT2D eigenvalue weighted by Gasteiger charge is 2.28. The first-order chi connectivity index (χ1) is 10.5. The molecule has 0 aliphatic heterocycles. The van der Waals surface area contributed by atoms with Gasteiger partial charge in [-0.3, -0.25) is 9.59 Å². The van der Waals surface area contributed by atoms with Gasteiger partial charge in [-0.2, -0.15) is 0 Å². The van der Waals surface area contributed by atoms with Crippen LogP contribution in [0.15, 0.2) is 22.7 Å². The Morgan fingerprint density at radius 1 is 1.41 bits per heavy atom. The zero-order valence-electron chi connectivity index (χ0n) is 13.0. The van der Waals surface area contributed by atoms with Crippen LogP contribution in [0.1, 0.15) is 43.5 Å². The second-order valence-corrected chi connectivity index (χ2v) is 6.95. The average Bonchev–Trinajstić information content (AvgIpc) is 2.50. The SMILES string of the molecule is C[C@@H]1[C@H](C)CCC[C@@H]1NC(=O)COc1ccc(Br)cc1C=O. The first-order valence-corrected chi connectivity index (χ1v) is 8.47. The Kier molecular flexibility index (Phi) is 6.00. The van der Waals surface area contributed by atoms with Gasteiger partial charge in [0, 0.05) is 10.5 Å². The molecule has 0 heterocycles. The maximum Gasteiger partial charge on any atom is 0.258 e. The Hall–Kier alpha value is -1.36. The van der Waals surface area contributed by atoms with Crippen molar-refractivity contribution in [1.82, 2.24) is 5.32 Å². The molecule has 3 atom stereocenters. The number of hydrogen-bond donors (Lipinski definition) is 1. The van der Waals surface area contributed by atoms with Crippen LogP contribution < -0.4 is 10.1 Å². The molecule has 22 heavy (non-hydrogen) atoms. The van der Waals surface area contributed by atoms with Crippen molar-refractivity contribution in [3.8, 4) is 5.75 Å². The molecule has 1 amide bonds. The van der Waals surface area contributed by atoms with Crippen LogP contribution in [-0.2, 0) is 4.79 Å². The van der Waals surface area contributed by atoms with E-state index in [1.807, 2.05) is 0 Å². The topological polar surface area (TPSA) is 55.4 Å². The molecular formula is C17H22BrNO3. The van der Waals surface area contributed by atoms with E-state index in [9.17, 15) is 9.59 Å². The predicted molar refractivity (Wildman–Crippen MR) is 89.1 cm³/mol. The van der Waals surface area contributed by atoms with Crippen LogP contribution in [0, 0.1) is 11.8 Å². The minimum atomic E-state index is -0.134. The van der Waals surface area contributed by atoms with E-state index in [0.717, 1.165) is 23.6 Å². The predicted octanol–water partition coefficient (Wildman–Crippen LogP) is 3.58. The zero-order valence-corrected chi connectivity index (χ0v) is 14.6. The molecule has 0 spiro atoms. The fourth-order valence-corrected chi connectivity index (χ4v) is 3.30. The minimum Gasteiger partial charge on any atom is -0.483 e. The first kappa shape index (κ1) is 17.0. The summed E-state index contributed by atoms with van der Waals surface area (Å²) in [7, 11) is 0. The molecule has 1 N–H and O–H groups in total. The smallest absolute Gasteiger partial charge is 0.258 e. The number of hydrogen-bond acceptors (Lipinski definition) is 3. The molecule has 0 radical (unpaired) electrons. The number of carbonyl (C=O) groups is 2. The Balaban J connectivity index is 1.89. The number of amides is 1. The van der Waals surface area contributed by atoms with Gasteiger partial charge in [0.1, 0.15) is 5.75 Å². The van der Waals surface area contributed by atoms with Gasteiger partial charge >= 0.3 is 0 Å². The van der Waals surface area contributed by atoms with Gasteiger partial charge in [-0.05, 0) is 36.5 Å². The summed E-state index contributed by atoms with van der Waals surface area (Å²) in [5.74, 6) is 1.41. The lowest BCUT2D eigenvalue weighted by atomic mass is 9.78. The Labute approximate surface area is 139 Å². The zero-order chi connectivity index (χ0) is 16.1. The quantitative estimate of drug-likeness (QED) is 0.809. The van der Waals surface area contributed by atoms with Crippen LogP contribution in [-0.4, -0.2) is 24.8 Å². The van der Waals surface area contributed by atoms with Crippen molar-refractivity contribution >= 4 is 28.1 Å². The summed E-state index contributed by atoms with van der Waals surface area (Å²) in [6.07, 6.45) is 4.13. The molecule has 0 unspecified atom stereocenters. The van der Waals surface area contributed by atoms with Gasteiger partial charge in [0.15, 0.2) is 12.9 Å². The van der Waals surface area contributed by atoms with Gasteiger partial charge in [0.05, 0.1) is 5.56 Å². The van der Waals surface area contributed by atoms with Crippen molar-refractivity contribution in [3.05, 3.63) is 28.2 Å². The number of rotatable bonds is 5. The monoisotopic (exact) mass is 367 g/mol. The number of benzene rings is 1.